The molecule has 20 heavy (non-hydrogen) atoms. The van der Waals surface area contributed by atoms with Gasteiger partial charge in [0, 0.05) is 17.3 Å². The minimum Gasteiger partial charge on any atom is -0.496 e. The third-order valence-electron chi connectivity index (χ3n) is 3.56. The van der Waals surface area contributed by atoms with Gasteiger partial charge >= 0.3 is 12.0 Å². The van der Waals surface area contributed by atoms with Crippen LogP contribution in [0.1, 0.15) is 36.5 Å². The van der Waals surface area contributed by atoms with Gasteiger partial charge in [-0.15, -0.1) is 0 Å². The maximum atomic E-state index is 11.9. The summed E-state index contributed by atoms with van der Waals surface area (Å²) in [6.07, 6.45) is 3.07. The van der Waals surface area contributed by atoms with Gasteiger partial charge < -0.3 is 20.5 Å². The summed E-state index contributed by atoms with van der Waals surface area (Å²) in [7, 11) is 1.39. The molecule has 0 aromatic heterocycles. The standard InChI is InChI=1S/C14H18N2O4/c1-14(6-3-7-14)16-13(19)15-9-4-5-10(12(17)18)11(8-9)20-2/h4-5,8H,3,6-7H2,1-2H3,(H,17,18)(H2,15,16,19). The van der Waals surface area contributed by atoms with E-state index in [0.29, 0.717) is 5.69 Å². The Morgan fingerprint density at radius 2 is 2.05 bits per heavy atom. The lowest BCUT2D eigenvalue weighted by Gasteiger charge is -2.39. The number of hydrogen-bond donors (Lipinski definition) is 3. The van der Waals surface area contributed by atoms with E-state index >= 15 is 0 Å². The fourth-order valence-corrected chi connectivity index (χ4v) is 2.21. The predicted molar refractivity (Wildman–Crippen MR) is 74.4 cm³/mol. The summed E-state index contributed by atoms with van der Waals surface area (Å²) in [6.45, 7) is 2.00. The molecule has 6 heteroatoms. The maximum Gasteiger partial charge on any atom is 0.339 e. The lowest BCUT2D eigenvalue weighted by atomic mass is 9.79. The monoisotopic (exact) mass is 278 g/mol. The zero-order valence-corrected chi connectivity index (χ0v) is 11.5. The van der Waals surface area contributed by atoms with Gasteiger partial charge in [-0.2, -0.15) is 0 Å². The van der Waals surface area contributed by atoms with Gasteiger partial charge in [-0.1, -0.05) is 0 Å². The predicted octanol–water partition coefficient (Wildman–Crippen LogP) is 2.46. The molecule has 1 aromatic carbocycles. The number of ether oxygens (including phenoxy) is 1. The van der Waals surface area contributed by atoms with Crippen molar-refractivity contribution in [2.75, 3.05) is 12.4 Å². The van der Waals surface area contributed by atoms with Gasteiger partial charge in [-0.25, -0.2) is 9.59 Å². The topological polar surface area (TPSA) is 87.7 Å². The minimum absolute atomic E-state index is 0.0596. The van der Waals surface area contributed by atoms with E-state index in [1.807, 2.05) is 6.92 Å². The SMILES string of the molecule is COc1cc(NC(=O)NC2(C)CCC2)ccc1C(=O)O. The highest BCUT2D eigenvalue weighted by molar-refractivity contribution is 5.94. The first-order valence-electron chi connectivity index (χ1n) is 6.44. The fraction of sp³-hybridized carbons (Fsp3) is 0.429. The Balaban J connectivity index is 2.05. The summed E-state index contributed by atoms with van der Waals surface area (Å²) in [4.78, 5) is 22.8. The number of hydrogen-bond acceptors (Lipinski definition) is 3. The number of nitrogens with one attached hydrogen (secondary N) is 2. The molecule has 2 rings (SSSR count). The lowest BCUT2D eigenvalue weighted by molar-refractivity contribution is 0.0693. The number of aromatic carboxylic acids is 1. The van der Waals surface area contributed by atoms with Gasteiger partial charge in [-0.3, -0.25) is 0 Å². The Kier molecular flexibility index (Phi) is 3.83. The zero-order chi connectivity index (χ0) is 14.8. The van der Waals surface area contributed by atoms with Crippen LogP contribution in [0.5, 0.6) is 5.75 Å². The van der Waals surface area contributed by atoms with Crippen LogP contribution < -0.4 is 15.4 Å². The molecule has 2 amide bonds. The summed E-state index contributed by atoms with van der Waals surface area (Å²) in [6, 6.07) is 4.14. The molecule has 0 saturated heterocycles. The van der Waals surface area contributed by atoms with Gasteiger partial charge in [0.1, 0.15) is 11.3 Å². The molecule has 0 aliphatic heterocycles. The van der Waals surface area contributed by atoms with E-state index in [1.54, 1.807) is 0 Å². The van der Waals surface area contributed by atoms with Crippen LogP contribution >= 0.6 is 0 Å². The number of benzene rings is 1. The Labute approximate surface area is 117 Å². The van der Waals surface area contributed by atoms with Crippen molar-refractivity contribution in [3.63, 3.8) is 0 Å². The molecule has 108 valence electrons. The number of urea groups is 1. The van der Waals surface area contributed by atoms with Crippen LogP contribution in [0.25, 0.3) is 0 Å². The third-order valence-corrected chi connectivity index (χ3v) is 3.56. The number of amides is 2. The van der Waals surface area contributed by atoms with E-state index in [-0.39, 0.29) is 22.9 Å². The summed E-state index contributed by atoms with van der Waals surface area (Å²) < 4.78 is 5.01. The number of carbonyl (C=O) groups is 2. The average Bonchev–Trinajstić information content (AvgIpc) is 2.36. The van der Waals surface area contributed by atoms with Crippen molar-refractivity contribution in [2.24, 2.45) is 0 Å². The Morgan fingerprint density at radius 1 is 1.35 bits per heavy atom. The molecule has 3 N–H and O–H groups in total. The van der Waals surface area contributed by atoms with Crippen LogP contribution in [0.4, 0.5) is 10.5 Å². The van der Waals surface area contributed by atoms with Crippen molar-refractivity contribution >= 4 is 17.7 Å². The maximum absolute atomic E-state index is 11.9. The molecule has 1 aliphatic carbocycles. The van der Waals surface area contributed by atoms with E-state index in [4.69, 9.17) is 9.84 Å². The summed E-state index contributed by atoms with van der Waals surface area (Å²) in [5, 5.41) is 14.6. The number of carbonyl (C=O) groups excluding carboxylic acids is 1. The highest BCUT2D eigenvalue weighted by Gasteiger charge is 2.33. The van der Waals surface area contributed by atoms with Crippen molar-refractivity contribution in [1.82, 2.24) is 5.32 Å². The molecular weight excluding hydrogens is 260 g/mol. The highest BCUT2D eigenvalue weighted by Crippen LogP contribution is 2.31. The first-order chi connectivity index (χ1) is 9.43. The molecule has 0 unspecified atom stereocenters. The van der Waals surface area contributed by atoms with Crippen molar-refractivity contribution in [1.29, 1.82) is 0 Å². The minimum atomic E-state index is -1.07. The highest BCUT2D eigenvalue weighted by atomic mass is 16.5. The van der Waals surface area contributed by atoms with Gasteiger partial charge in [0.25, 0.3) is 0 Å². The molecule has 1 saturated carbocycles. The molecule has 6 nitrogen and oxygen atoms in total. The molecule has 0 radical (unpaired) electrons. The third kappa shape index (κ3) is 3.01. The Bertz CT molecular complexity index is 538. The second-order valence-electron chi connectivity index (χ2n) is 5.21. The van der Waals surface area contributed by atoms with Gasteiger partial charge in [-0.05, 0) is 38.3 Å². The molecular formula is C14H18N2O4. The van der Waals surface area contributed by atoms with Crippen LogP contribution in [0.3, 0.4) is 0 Å². The smallest absolute Gasteiger partial charge is 0.339 e. The number of methoxy groups -OCH3 is 1. The van der Waals surface area contributed by atoms with E-state index in [0.717, 1.165) is 19.3 Å². The first-order valence-corrected chi connectivity index (χ1v) is 6.44. The fourth-order valence-electron chi connectivity index (χ4n) is 2.21. The normalized spacial score (nSPS) is 15.9. The molecule has 1 aromatic rings. The molecule has 0 bridgehead atoms. The number of rotatable bonds is 4. The Morgan fingerprint density at radius 3 is 2.55 bits per heavy atom. The van der Waals surface area contributed by atoms with Crippen LogP contribution in [0.2, 0.25) is 0 Å². The second kappa shape index (κ2) is 5.40. The van der Waals surface area contributed by atoms with Crippen molar-refractivity contribution in [3.8, 4) is 5.75 Å². The molecule has 1 aliphatic rings. The van der Waals surface area contributed by atoms with Crippen molar-refractivity contribution in [3.05, 3.63) is 23.8 Å². The van der Waals surface area contributed by atoms with Crippen LogP contribution in [0.15, 0.2) is 18.2 Å². The van der Waals surface area contributed by atoms with Crippen LogP contribution in [-0.4, -0.2) is 29.8 Å². The first kappa shape index (κ1) is 14.2. The van der Waals surface area contributed by atoms with Crippen molar-refractivity contribution in [2.45, 2.75) is 31.7 Å². The van der Waals surface area contributed by atoms with Gasteiger partial charge in [0.15, 0.2) is 0 Å². The summed E-state index contributed by atoms with van der Waals surface area (Å²) >= 11 is 0. The molecule has 0 atom stereocenters. The van der Waals surface area contributed by atoms with Gasteiger partial charge in [0.05, 0.1) is 7.11 Å². The van der Waals surface area contributed by atoms with Gasteiger partial charge in [0.2, 0.25) is 0 Å². The zero-order valence-electron chi connectivity index (χ0n) is 11.5. The number of carboxylic acid groups (broad SMARTS) is 1. The molecule has 1 fully saturated rings. The van der Waals surface area contributed by atoms with Crippen LogP contribution in [-0.2, 0) is 0 Å². The molecule has 0 spiro atoms. The largest absolute Gasteiger partial charge is 0.496 e. The number of anilines is 1. The van der Waals surface area contributed by atoms with Crippen molar-refractivity contribution < 1.29 is 19.4 Å². The summed E-state index contributed by atoms with van der Waals surface area (Å²) in [5.41, 5.74) is 0.423. The lowest BCUT2D eigenvalue weighted by Crippen LogP contribution is -2.52. The molecule has 0 heterocycles. The van der Waals surface area contributed by atoms with E-state index in [9.17, 15) is 9.59 Å². The average molecular weight is 278 g/mol. The second-order valence-corrected chi connectivity index (χ2v) is 5.21. The Hall–Kier alpha value is -2.24. The summed E-state index contributed by atoms with van der Waals surface area (Å²) in [5.74, 6) is -0.856. The van der Waals surface area contributed by atoms with E-state index in [1.165, 1.54) is 25.3 Å². The quantitative estimate of drug-likeness (QED) is 0.789. The van der Waals surface area contributed by atoms with E-state index < -0.39 is 5.97 Å². The number of carboxylic acids is 1. The van der Waals surface area contributed by atoms with Crippen LogP contribution in [0, 0.1) is 0 Å². The van der Waals surface area contributed by atoms with E-state index in [2.05, 4.69) is 10.6 Å².